The van der Waals surface area contributed by atoms with Crippen LogP contribution >= 0.6 is 0 Å². The van der Waals surface area contributed by atoms with Crippen molar-refractivity contribution in [2.75, 3.05) is 18.4 Å². The van der Waals surface area contributed by atoms with E-state index in [-0.39, 0.29) is 23.6 Å². The van der Waals surface area contributed by atoms with Gasteiger partial charge in [-0.2, -0.15) is 0 Å². The number of hydrogen-bond acceptors (Lipinski definition) is 3. The molecule has 1 saturated carbocycles. The van der Waals surface area contributed by atoms with Crippen molar-refractivity contribution in [3.05, 3.63) is 65.2 Å². The molecule has 34 heavy (non-hydrogen) atoms. The van der Waals surface area contributed by atoms with Crippen molar-refractivity contribution in [3.8, 4) is 0 Å². The Morgan fingerprint density at radius 3 is 2.00 bits per heavy atom. The number of carbonyl (C=O) groups excluding carboxylic acids is 3. The quantitative estimate of drug-likeness (QED) is 0.672. The van der Waals surface area contributed by atoms with Gasteiger partial charge in [-0.05, 0) is 87.8 Å². The molecule has 0 aromatic heterocycles. The first kappa shape index (κ1) is 24.0. The van der Waals surface area contributed by atoms with E-state index in [4.69, 9.17) is 0 Å². The second-order valence-electron chi connectivity index (χ2n) is 9.93. The molecule has 4 rings (SSSR count). The number of anilines is 1. The van der Waals surface area contributed by atoms with Gasteiger partial charge in [0.05, 0.1) is 0 Å². The first-order valence-electron chi connectivity index (χ1n) is 12.5. The van der Waals surface area contributed by atoms with Gasteiger partial charge in [-0.15, -0.1) is 0 Å². The second kappa shape index (κ2) is 10.9. The van der Waals surface area contributed by atoms with Crippen LogP contribution in [0.2, 0.25) is 0 Å². The smallest absolute Gasteiger partial charge is 0.255 e. The number of nitrogens with one attached hydrogen (secondary N) is 2. The Morgan fingerprint density at radius 1 is 0.794 bits per heavy atom. The van der Waals surface area contributed by atoms with Gasteiger partial charge in [-0.3, -0.25) is 14.4 Å². The van der Waals surface area contributed by atoms with Gasteiger partial charge < -0.3 is 15.5 Å². The third-order valence-corrected chi connectivity index (χ3v) is 7.22. The Morgan fingerprint density at radius 2 is 1.38 bits per heavy atom. The molecular weight excluding hydrogens is 426 g/mol. The lowest BCUT2D eigenvalue weighted by Crippen LogP contribution is -2.46. The Hall–Kier alpha value is -3.15. The highest BCUT2D eigenvalue weighted by molar-refractivity contribution is 6.04. The Bertz CT molecular complexity index is 1000. The fraction of sp³-hybridized carbons (Fsp3) is 0.464. The van der Waals surface area contributed by atoms with Gasteiger partial charge in [0.1, 0.15) is 0 Å². The molecule has 2 N–H and O–H groups in total. The predicted molar refractivity (Wildman–Crippen MR) is 134 cm³/mol. The van der Waals surface area contributed by atoms with Crippen molar-refractivity contribution in [1.82, 2.24) is 10.2 Å². The lowest BCUT2D eigenvalue weighted by Gasteiger charge is -2.33. The maximum absolute atomic E-state index is 12.9. The van der Waals surface area contributed by atoms with Crippen molar-refractivity contribution >= 4 is 23.4 Å². The average molecular weight is 462 g/mol. The molecule has 1 aliphatic heterocycles. The Labute approximate surface area is 202 Å². The molecule has 0 bridgehead atoms. The van der Waals surface area contributed by atoms with Gasteiger partial charge in [-0.1, -0.05) is 24.6 Å². The van der Waals surface area contributed by atoms with Crippen LogP contribution in [0.15, 0.2) is 48.5 Å². The van der Waals surface area contributed by atoms with Gasteiger partial charge in [-0.25, -0.2) is 0 Å². The molecule has 6 heteroatoms. The van der Waals surface area contributed by atoms with E-state index in [0.29, 0.717) is 48.8 Å². The largest absolute Gasteiger partial charge is 0.353 e. The van der Waals surface area contributed by atoms with Crippen LogP contribution < -0.4 is 10.6 Å². The Kier molecular flexibility index (Phi) is 7.66. The van der Waals surface area contributed by atoms with Crippen LogP contribution in [-0.2, 0) is 4.79 Å². The van der Waals surface area contributed by atoms with E-state index < -0.39 is 0 Å². The summed E-state index contributed by atoms with van der Waals surface area (Å²) < 4.78 is 0. The number of likely N-dealkylation sites (tertiary alicyclic amines) is 1. The molecule has 1 saturated heterocycles. The average Bonchev–Trinajstić information content (AvgIpc) is 2.86. The molecule has 1 aliphatic carbocycles. The number of aryl methyl sites for hydroxylation is 1. The first-order chi connectivity index (χ1) is 16.4. The highest BCUT2D eigenvalue weighted by Crippen LogP contribution is 2.25. The molecule has 0 unspecified atom stereocenters. The predicted octanol–water partition coefficient (Wildman–Crippen LogP) is 4.79. The zero-order chi connectivity index (χ0) is 24.1. The van der Waals surface area contributed by atoms with Crippen LogP contribution in [0.5, 0.6) is 0 Å². The number of carbonyl (C=O) groups is 3. The molecule has 2 aromatic carbocycles. The lowest BCUT2D eigenvalue weighted by atomic mass is 9.86. The summed E-state index contributed by atoms with van der Waals surface area (Å²) in [7, 11) is 0. The number of benzene rings is 2. The monoisotopic (exact) mass is 461 g/mol. The van der Waals surface area contributed by atoms with E-state index in [9.17, 15) is 14.4 Å². The van der Waals surface area contributed by atoms with E-state index in [1.807, 2.05) is 24.0 Å². The van der Waals surface area contributed by atoms with Crippen molar-refractivity contribution < 1.29 is 14.4 Å². The minimum atomic E-state index is -0.179. The summed E-state index contributed by atoms with van der Waals surface area (Å²) in [6, 6.07) is 14.7. The van der Waals surface area contributed by atoms with Crippen LogP contribution in [0, 0.1) is 18.8 Å². The number of rotatable bonds is 5. The maximum Gasteiger partial charge on any atom is 0.255 e. The summed E-state index contributed by atoms with van der Waals surface area (Å²) in [5, 5.41) is 6.11. The maximum atomic E-state index is 12.9. The normalized spacial score (nSPS) is 21.1. The molecule has 2 aromatic rings. The fourth-order valence-electron chi connectivity index (χ4n) is 4.86. The zero-order valence-electron chi connectivity index (χ0n) is 20.2. The standard InChI is InChI=1S/C28H35N3O3/c1-19-3-7-21(8-4-19)26(32)30-25-13-9-23(10-14-25)28(34)31-17-15-22(16-18-31)27(33)29-24-11-5-20(2)6-12-24/h3-4,7-10,13-14,20,22,24H,5-6,11-12,15-18H2,1-2H3,(H,29,33)(H,30,32). The fourth-order valence-corrected chi connectivity index (χ4v) is 4.86. The molecule has 0 radical (unpaired) electrons. The molecule has 0 spiro atoms. The third-order valence-electron chi connectivity index (χ3n) is 7.22. The molecule has 6 nitrogen and oxygen atoms in total. The summed E-state index contributed by atoms with van der Waals surface area (Å²) in [6.07, 6.45) is 5.92. The summed E-state index contributed by atoms with van der Waals surface area (Å²) in [5.41, 5.74) is 2.93. The van der Waals surface area contributed by atoms with Gasteiger partial charge >= 0.3 is 0 Å². The van der Waals surface area contributed by atoms with Crippen molar-refractivity contribution in [2.24, 2.45) is 11.8 Å². The Balaban J connectivity index is 1.25. The molecule has 2 aliphatic rings. The SMILES string of the molecule is Cc1ccc(C(=O)Nc2ccc(C(=O)N3CCC(C(=O)NC4CCC(C)CC4)CC3)cc2)cc1. The minimum absolute atomic E-state index is 0.0113. The highest BCUT2D eigenvalue weighted by Gasteiger charge is 2.29. The van der Waals surface area contributed by atoms with E-state index in [2.05, 4.69) is 17.6 Å². The van der Waals surface area contributed by atoms with E-state index in [1.165, 1.54) is 12.8 Å². The first-order valence-corrected chi connectivity index (χ1v) is 12.5. The molecule has 3 amide bonds. The van der Waals surface area contributed by atoms with Crippen LogP contribution in [0.25, 0.3) is 0 Å². The van der Waals surface area contributed by atoms with Crippen LogP contribution in [0.4, 0.5) is 5.69 Å². The van der Waals surface area contributed by atoms with Gasteiger partial charge in [0.15, 0.2) is 0 Å². The van der Waals surface area contributed by atoms with Crippen LogP contribution in [-0.4, -0.2) is 41.8 Å². The summed E-state index contributed by atoms with van der Waals surface area (Å²) in [5.74, 6) is 0.697. The lowest BCUT2D eigenvalue weighted by molar-refractivity contribution is -0.127. The number of hydrogen-bond donors (Lipinski definition) is 2. The number of amides is 3. The molecule has 180 valence electrons. The van der Waals surface area contributed by atoms with Gasteiger partial charge in [0.25, 0.3) is 11.8 Å². The summed E-state index contributed by atoms with van der Waals surface area (Å²) in [4.78, 5) is 39.9. The topological polar surface area (TPSA) is 78.5 Å². The molecular formula is C28H35N3O3. The van der Waals surface area contributed by atoms with Crippen molar-refractivity contribution in [1.29, 1.82) is 0 Å². The molecule has 0 atom stereocenters. The number of piperidine rings is 1. The van der Waals surface area contributed by atoms with Gasteiger partial charge in [0, 0.05) is 41.9 Å². The van der Waals surface area contributed by atoms with E-state index >= 15 is 0 Å². The van der Waals surface area contributed by atoms with Crippen molar-refractivity contribution in [2.45, 2.75) is 58.4 Å². The van der Waals surface area contributed by atoms with Gasteiger partial charge in [0.2, 0.25) is 5.91 Å². The summed E-state index contributed by atoms with van der Waals surface area (Å²) in [6.45, 7) is 5.43. The van der Waals surface area contributed by atoms with Crippen molar-refractivity contribution in [3.63, 3.8) is 0 Å². The minimum Gasteiger partial charge on any atom is -0.353 e. The second-order valence-corrected chi connectivity index (χ2v) is 9.93. The van der Waals surface area contributed by atoms with Crippen LogP contribution in [0.3, 0.4) is 0 Å². The van der Waals surface area contributed by atoms with Crippen LogP contribution in [0.1, 0.15) is 71.7 Å². The third kappa shape index (κ3) is 6.04. The van der Waals surface area contributed by atoms with E-state index in [1.54, 1.807) is 36.4 Å². The molecule has 2 fully saturated rings. The van der Waals surface area contributed by atoms with E-state index in [0.717, 1.165) is 24.3 Å². The molecule has 1 heterocycles. The number of nitrogens with zero attached hydrogens (tertiary/aromatic N) is 1. The summed E-state index contributed by atoms with van der Waals surface area (Å²) >= 11 is 0. The zero-order valence-corrected chi connectivity index (χ0v) is 20.2. The highest BCUT2D eigenvalue weighted by atomic mass is 16.2.